The van der Waals surface area contributed by atoms with Crippen molar-refractivity contribution in [1.29, 1.82) is 0 Å². The van der Waals surface area contributed by atoms with Crippen molar-refractivity contribution in [2.75, 3.05) is 6.67 Å². The number of nitrogens with zero attached hydrogens (tertiary/aromatic N) is 3. The third-order valence-electron chi connectivity index (χ3n) is 4.69. The van der Waals surface area contributed by atoms with Gasteiger partial charge in [0.1, 0.15) is 18.7 Å². The fourth-order valence-corrected chi connectivity index (χ4v) is 3.29. The van der Waals surface area contributed by atoms with Crippen molar-refractivity contribution in [3.05, 3.63) is 59.1 Å². The van der Waals surface area contributed by atoms with E-state index in [4.69, 9.17) is 4.74 Å². The van der Waals surface area contributed by atoms with Gasteiger partial charge in [0.2, 0.25) is 11.8 Å². The van der Waals surface area contributed by atoms with Crippen LogP contribution in [0.3, 0.4) is 0 Å². The lowest BCUT2D eigenvalue weighted by Gasteiger charge is -2.19. The maximum Gasteiger partial charge on any atom is 0.363 e. The largest absolute Gasteiger partial charge is 0.402 e. The van der Waals surface area contributed by atoms with Gasteiger partial charge in [-0.05, 0) is 37.5 Å². The van der Waals surface area contributed by atoms with Crippen LogP contribution in [0.2, 0.25) is 0 Å². The fourth-order valence-electron chi connectivity index (χ4n) is 3.29. The van der Waals surface area contributed by atoms with Crippen LogP contribution >= 0.6 is 0 Å². The molecular weight excluding hydrogens is 358 g/mol. The minimum Gasteiger partial charge on any atom is -0.402 e. The van der Waals surface area contributed by atoms with E-state index in [9.17, 15) is 9.59 Å². The quantitative estimate of drug-likeness (QED) is 0.574. The highest BCUT2D eigenvalue weighted by Gasteiger charge is 2.27. The first-order chi connectivity index (χ1) is 13.6. The normalized spacial score (nSPS) is 25.0. The van der Waals surface area contributed by atoms with Crippen molar-refractivity contribution in [3.63, 3.8) is 0 Å². The maximum absolute atomic E-state index is 12.2. The lowest BCUT2D eigenvalue weighted by molar-refractivity contribution is -0.130. The molecule has 1 atom stereocenters. The molecule has 1 unspecified atom stereocenters. The fraction of sp³-hybridized carbons (Fsp3) is 0.300. The van der Waals surface area contributed by atoms with E-state index in [0.717, 1.165) is 23.4 Å². The van der Waals surface area contributed by atoms with E-state index >= 15 is 0 Å². The van der Waals surface area contributed by atoms with Gasteiger partial charge >= 0.3 is 5.97 Å². The summed E-state index contributed by atoms with van der Waals surface area (Å²) in [4.78, 5) is 27.7. The number of allylic oxidation sites excluding steroid dienone is 7. The van der Waals surface area contributed by atoms with Gasteiger partial charge in [-0.25, -0.2) is 14.8 Å². The van der Waals surface area contributed by atoms with Gasteiger partial charge in [-0.2, -0.15) is 5.10 Å². The molecule has 0 spiro atoms. The summed E-state index contributed by atoms with van der Waals surface area (Å²) in [5.74, 6) is -0.0871. The lowest BCUT2D eigenvalue weighted by Crippen LogP contribution is -2.21. The number of rotatable bonds is 4. The van der Waals surface area contributed by atoms with Gasteiger partial charge in [-0.1, -0.05) is 18.2 Å². The molecule has 4 rings (SSSR count). The number of carbonyl (C=O) groups excluding carboxylic acids is 2. The van der Waals surface area contributed by atoms with Crippen molar-refractivity contribution < 1.29 is 14.3 Å². The number of cyclic esters (lactones) is 1. The van der Waals surface area contributed by atoms with Crippen LogP contribution in [0.1, 0.15) is 26.2 Å². The standard InChI is InChI=1S/C20H21N5O3/c1-13(26)23-16-6-4-15(5-7-16)19-24-18(20(27)28-19)10-14-2-8-17(9-3-14)25-12-21-11-22-25/h2,4,6,8-11,14H,3,5,7,12H2,1H3,(H,21,22)(H,23,26). The first-order valence-electron chi connectivity index (χ1n) is 9.20. The Morgan fingerprint density at radius 2 is 2.29 bits per heavy atom. The molecule has 0 aromatic carbocycles. The molecular formula is C20H21N5O3. The number of amides is 1. The van der Waals surface area contributed by atoms with Gasteiger partial charge in [0.25, 0.3) is 0 Å². The summed E-state index contributed by atoms with van der Waals surface area (Å²) in [6.45, 7) is 2.14. The molecule has 4 aliphatic rings. The monoisotopic (exact) mass is 379 g/mol. The van der Waals surface area contributed by atoms with Crippen molar-refractivity contribution in [2.24, 2.45) is 16.0 Å². The van der Waals surface area contributed by atoms with Gasteiger partial charge in [-0.3, -0.25) is 4.79 Å². The molecule has 2 aliphatic heterocycles. The van der Waals surface area contributed by atoms with E-state index in [1.807, 2.05) is 35.4 Å². The van der Waals surface area contributed by atoms with Crippen LogP contribution in [0.4, 0.5) is 0 Å². The molecule has 8 heteroatoms. The predicted molar refractivity (Wildman–Crippen MR) is 104 cm³/mol. The SMILES string of the molecule is CC(=O)NC1=CC=C(C2=NC(=CC3C=CC(N4CNC=N4)=CC3)C(=O)O2)CC1. The van der Waals surface area contributed by atoms with E-state index in [-0.39, 0.29) is 11.8 Å². The molecule has 0 aromatic heterocycles. The number of ether oxygens (including phenoxy) is 1. The molecule has 2 heterocycles. The van der Waals surface area contributed by atoms with Crippen LogP contribution in [0.25, 0.3) is 0 Å². The van der Waals surface area contributed by atoms with E-state index < -0.39 is 5.97 Å². The molecule has 2 N–H and O–H groups in total. The Morgan fingerprint density at radius 3 is 2.93 bits per heavy atom. The van der Waals surface area contributed by atoms with Gasteiger partial charge in [0.05, 0.1) is 5.70 Å². The summed E-state index contributed by atoms with van der Waals surface area (Å²) in [6.07, 6.45) is 15.4. The lowest BCUT2D eigenvalue weighted by atomic mass is 9.98. The van der Waals surface area contributed by atoms with Crippen LogP contribution in [0, 0.1) is 5.92 Å². The van der Waals surface area contributed by atoms with Crippen LogP contribution in [-0.4, -0.2) is 35.8 Å². The Morgan fingerprint density at radius 1 is 1.39 bits per heavy atom. The summed E-state index contributed by atoms with van der Waals surface area (Å²) in [7, 11) is 0. The third-order valence-corrected chi connectivity index (χ3v) is 4.69. The Hall–Kier alpha value is -3.42. The van der Waals surface area contributed by atoms with Gasteiger partial charge < -0.3 is 15.4 Å². The highest BCUT2D eigenvalue weighted by molar-refractivity contribution is 6.11. The number of nitrogens with one attached hydrogen (secondary N) is 2. The second-order valence-corrected chi connectivity index (χ2v) is 6.82. The average Bonchev–Trinajstić information content (AvgIpc) is 3.33. The van der Waals surface area contributed by atoms with Gasteiger partial charge in [-0.15, -0.1) is 0 Å². The average molecular weight is 379 g/mol. The van der Waals surface area contributed by atoms with Crippen molar-refractivity contribution >= 4 is 24.1 Å². The summed E-state index contributed by atoms with van der Waals surface area (Å²) in [5, 5.41) is 11.9. The molecule has 0 fully saturated rings. The van der Waals surface area contributed by atoms with E-state index in [1.165, 1.54) is 6.92 Å². The summed E-state index contributed by atoms with van der Waals surface area (Å²) < 4.78 is 5.36. The Labute approximate surface area is 162 Å². The zero-order chi connectivity index (χ0) is 19.5. The molecule has 0 saturated heterocycles. The second kappa shape index (κ2) is 7.67. The number of hydrogen-bond acceptors (Lipinski definition) is 7. The van der Waals surface area contributed by atoms with Crippen molar-refractivity contribution in [3.8, 4) is 0 Å². The Balaban J connectivity index is 1.43. The number of hydrazone groups is 1. The van der Waals surface area contributed by atoms with E-state index in [2.05, 4.69) is 26.8 Å². The van der Waals surface area contributed by atoms with Gasteiger partial charge in [0, 0.05) is 24.1 Å². The minimum absolute atomic E-state index is 0.0838. The zero-order valence-corrected chi connectivity index (χ0v) is 15.5. The molecule has 28 heavy (non-hydrogen) atoms. The van der Waals surface area contributed by atoms with Crippen LogP contribution < -0.4 is 10.6 Å². The minimum atomic E-state index is -0.427. The van der Waals surface area contributed by atoms with Crippen LogP contribution in [0.15, 0.2) is 69.2 Å². The summed E-state index contributed by atoms with van der Waals surface area (Å²) >= 11 is 0. The first kappa shape index (κ1) is 18.0. The number of aliphatic imine (C=N–C) groups is 1. The molecule has 144 valence electrons. The van der Waals surface area contributed by atoms with Crippen LogP contribution in [-0.2, 0) is 14.3 Å². The highest BCUT2D eigenvalue weighted by Crippen LogP contribution is 2.26. The van der Waals surface area contributed by atoms with E-state index in [1.54, 1.807) is 6.34 Å². The molecule has 0 aromatic rings. The molecule has 0 radical (unpaired) electrons. The topological polar surface area (TPSA) is 95.4 Å². The smallest absolute Gasteiger partial charge is 0.363 e. The van der Waals surface area contributed by atoms with Crippen molar-refractivity contribution in [1.82, 2.24) is 15.6 Å². The maximum atomic E-state index is 12.2. The first-order valence-corrected chi connectivity index (χ1v) is 9.20. The zero-order valence-electron chi connectivity index (χ0n) is 15.5. The summed E-state index contributed by atoms with van der Waals surface area (Å²) in [5.41, 5.74) is 3.07. The second-order valence-electron chi connectivity index (χ2n) is 6.82. The molecule has 2 aliphatic carbocycles. The molecule has 0 bridgehead atoms. The van der Waals surface area contributed by atoms with Crippen molar-refractivity contribution in [2.45, 2.75) is 26.2 Å². The molecule has 1 amide bonds. The highest BCUT2D eigenvalue weighted by atomic mass is 16.6. The van der Waals surface area contributed by atoms with Gasteiger partial charge in [0.15, 0.2) is 0 Å². The molecule has 0 saturated carbocycles. The van der Waals surface area contributed by atoms with E-state index in [0.29, 0.717) is 31.1 Å². The molecule has 8 nitrogen and oxygen atoms in total. The Kier molecular flexibility index (Phi) is 4.92. The number of hydrogen-bond donors (Lipinski definition) is 2. The predicted octanol–water partition coefficient (Wildman–Crippen LogP) is 1.83. The number of esters is 1. The third kappa shape index (κ3) is 3.95. The number of carbonyl (C=O) groups is 2. The van der Waals surface area contributed by atoms with Crippen LogP contribution in [0.5, 0.6) is 0 Å². The summed E-state index contributed by atoms with van der Waals surface area (Å²) in [6, 6.07) is 0. The Bertz CT molecular complexity index is 920.